The third kappa shape index (κ3) is 2.20. The third-order valence-electron chi connectivity index (χ3n) is 1.99. The van der Waals surface area contributed by atoms with Crippen LogP contribution in [0.1, 0.15) is 49.2 Å². The topological polar surface area (TPSA) is 66.0 Å². The molecule has 0 aliphatic heterocycles. The standard InChI is InChI=1S/C10H16N2O2/c1-4-5-8-11-7(6-13)9(12-8)10(2,3)14/h6,14H,4-5H2,1-3H3,(H,11,12). The second-order valence-corrected chi connectivity index (χ2v) is 3.87. The van der Waals surface area contributed by atoms with Gasteiger partial charge in [-0.15, -0.1) is 0 Å². The summed E-state index contributed by atoms with van der Waals surface area (Å²) in [6.07, 6.45) is 2.41. The van der Waals surface area contributed by atoms with E-state index in [0.29, 0.717) is 17.7 Å². The SMILES string of the molecule is CCCc1nc(C=O)c(C(C)(C)O)[nH]1. The first-order valence-corrected chi connectivity index (χ1v) is 4.76. The third-order valence-corrected chi connectivity index (χ3v) is 1.99. The number of nitrogens with one attached hydrogen (secondary N) is 1. The Labute approximate surface area is 83.4 Å². The minimum atomic E-state index is -1.05. The molecule has 0 amide bonds. The Bertz CT molecular complexity index is 323. The maximum atomic E-state index is 10.7. The number of aryl methyl sites for hydroxylation is 1. The van der Waals surface area contributed by atoms with Crippen molar-refractivity contribution in [1.82, 2.24) is 9.97 Å². The summed E-state index contributed by atoms with van der Waals surface area (Å²) in [6, 6.07) is 0. The molecule has 0 radical (unpaired) electrons. The van der Waals surface area contributed by atoms with E-state index in [0.717, 1.165) is 18.7 Å². The Morgan fingerprint density at radius 3 is 2.57 bits per heavy atom. The van der Waals surface area contributed by atoms with Gasteiger partial charge in [-0.1, -0.05) is 6.92 Å². The fourth-order valence-electron chi connectivity index (χ4n) is 1.34. The number of aliphatic hydroxyl groups is 1. The minimum absolute atomic E-state index is 0.306. The highest BCUT2D eigenvalue weighted by molar-refractivity contribution is 5.74. The van der Waals surface area contributed by atoms with Gasteiger partial charge in [-0.25, -0.2) is 4.98 Å². The molecular formula is C10H16N2O2. The number of aldehydes is 1. The van der Waals surface area contributed by atoms with Crippen LogP contribution in [0.4, 0.5) is 0 Å². The molecule has 0 bridgehead atoms. The molecule has 78 valence electrons. The van der Waals surface area contributed by atoms with Gasteiger partial charge in [-0.3, -0.25) is 4.79 Å². The molecule has 0 atom stereocenters. The number of carbonyl (C=O) groups excluding carboxylic acids is 1. The Morgan fingerprint density at radius 1 is 1.57 bits per heavy atom. The first-order valence-electron chi connectivity index (χ1n) is 4.76. The van der Waals surface area contributed by atoms with Crippen LogP contribution < -0.4 is 0 Å². The molecule has 1 heterocycles. The Hall–Kier alpha value is -1.16. The summed E-state index contributed by atoms with van der Waals surface area (Å²) < 4.78 is 0. The summed E-state index contributed by atoms with van der Waals surface area (Å²) in [5, 5.41) is 9.75. The number of hydrogen-bond acceptors (Lipinski definition) is 3. The second-order valence-electron chi connectivity index (χ2n) is 3.87. The molecule has 0 unspecified atom stereocenters. The molecule has 1 aromatic heterocycles. The van der Waals surface area contributed by atoms with Crippen molar-refractivity contribution in [2.45, 2.75) is 39.2 Å². The molecule has 4 nitrogen and oxygen atoms in total. The number of imidazole rings is 1. The van der Waals surface area contributed by atoms with E-state index < -0.39 is 5.60 Å². The van der Waals surface area contributed by atoms with Crippen molar-refractivity contribution in [1.29, 1.82) is 0 Å². The molecule has 0 aliphatic carbocycles. The summed E-state index contributed by atoms with van der Waals surface area (Å²) in [5.74, 6) is 0.756. The Morgan fingerprint density at radius 2 is 2.21 bits per heavy atom. The fraction of sp³-hybridized carbons (Fsp3) is 0.600. The van der Waals surface area contributed by atoms with Crippen LogP contribution in [-0.4, -0.2) is 21.4 Å². The fourth-order valence-corrected chi connectivity index (χ4v) is 1.34. The van der Waals surface area contributed by atoms with Gasteiger partial charge in [0.25, 0.3) is 0 Å². The van der Waals surface area contributed by atoms with Crippen molar-refractivity contribution in [3.05, 3.63) is 17.2 Å². The summed E-state index contributed by atoms with van der Waals surface area (Å²) in [4.78, 5) is 17.8. The van der Waals surface area contributed by atoms with Crippen molar-refractivity contribution in [2.24, 2.45) is 0 Å². The lowest BCUT2D eigenvalue weighted by molar-refractivity contribution is 0.0725. The first kappa shape index (κ1) is 10.9. The molecule has 1 aromatic rings. The predicted octanol–water partition coefficient (Wildman–Crippen LogP) is 1.40. The first-order chi connectivity index (χ1) is 6.49. The van der Waals surface area contributed by atoms with Gasteiger partial charge in [0.2, 0.25) is 0 Å². The van der Waals surface area contributed by atoms with Crippen molar-refractivity contribution in [3.63, 3.8) is 0 Å². The van der Waals surface area contributed by atoms with Crippen LogP contribution in [-0.2, 0) is 12.0 Å². The van der Waals surface area contributed by atoms with Gasteiger partial charge >= 0.3 is 0 Å². The van der Waals surface area contributed by atoms with Gasteiger partial charge in [0.1, 0.15) is 17.1 Å². The highest BCUT2D eigenvalue weighted by Crippen LogP contribution is 2.20. The highest BCUT2D eigenvalue weighted by Gasteiger charge is 2.23. The van der Waals surface area contributed by atoms with E-state index in [1.807, 2.05) is 6.92 Å². The summed E-state index contributed by atoms with van der Waals surface area (Å²) in [5.41, 5.74) is -0.244. The van der Waals surface area contributed by atoms with Gasteiger partial charge < -0.3 is 10.1 Å². The number of rotatable bonds is 4. The predicted molar refractivity (Wildman–Crippen MR) is 53.2 cm³/mol. The number of hydrogen-bond donors (Lipinski definition) is 2. The lowest BCUT2D eigenvalue weighted by Crippen LogP contribution is -2.18. The normalized spacial score (nSPS) is 11.7. The zero-order valence-corrected chi connectivity index (χ0v) is 8.79. The average Bonchev–Trinajstić information content (AvgIpc) is 2.47. The van der Waals surface area contributed by atoms with Crippen LogP contribution in [0.3, 0.4) is 0 Å². The zero-order valence-electron chi connectivity index (χ0n) is 8.79. The smallest absolute Gasteiger partial charge is 0.170 e. The minimum Gasteiger partial charge on any atom is -0.384 e. The molecule has 0 aliphatic rings. The Kier molecular flexibility index (Phi) is 3.06. The molecule has 2 N–H and O–H groups in total. The van der Waals surface area contributed by atoms with E-state index in [1.165, 1.54) is 0 Å². The lowest BCUT2D eigenvalue weighted by atomic mass is 10.0. The van der Waals surface area contributed by atoms with Crippen molar-refractivity contribution in [3.8, 4) is 0 Å². The lowest BCUT2D eigenvalue weighted by Gasteiger charge is -2.15. The quantitative estimate of drug-likeness (QED) is 0.715. The van der Waals surface area contributed by atoms with Crippen LogP contribution in [0.15, 0.2) is 0 Å². The van der Waals surface area contributed by atoms with E-state index in [1.54, 1.807) is 13.8 Å². The number of nitrogens with zero attached hydrogens (tertiary/aromatic N) is 1. The van der Waals surface area contributed by atoms with E-state index in [2.05, 4.69) is 9.97 Å². The molecule has 1 rings (SSSR count). The summed E-state index contributed by atoms with van der Waals surface area (Å²) in [7, 11) is 0. The Balaban J connectivity index is 3.09. The largest absolute Gasteiger partial charge is 0.384 e. The molecule has 0 saturated carbocycles. The summed E-state index contributed by atoms with van der Waals surface area (Å²) in [6.45, 7) is 5.29. The monoisotopic (exact) mass is 196 g/mol. The molecule has 0 spiro atoms. The van der Waals surface area contributed by atoms with E-state index in [4.69, 9.17) is 0 Å². The maximum Gasteiger partial charge on any atom is 0.170 e. The van der Waals surface area contributed by atoms with Gasteiger partial charge in [0, 0.05) is 6.42 Å². The second kappa shape index (κ2) is 3.92. The van der Waals surface area contributed by atoms with Crippen LogP contribution in [0.5, 0.6) is 0 Å². The van der Waals surface area contributed by atoms with Gasteiger partial charge in [-0.2, -0.15) is 0 Å². The zero-order chi connectivity index (χ0) is 10.8. The molecule has 14 heavy (non-hydrogen) atoms. The van der Waals surface area contributed by atoms with Crippen LogP contribution in [0.2, 0.25) is 0 Å². The molecular weight excluding hydrogens is 180 g/mol. The number of aromatic amines is 1. The van der Waals surface area contributed by atoms with Crippen molar-refractivity contribution in [2.75, 3.05) is 0 Å². The molecule has 0 fully saturated rings. The highest BCUT2D eigenvalue weighted by atomic mass is 16.3. The van der Waals surface area contributed by atoms with Crippen LogP contribution in [0.25, 0.3) is 0 Å². The number of carbonyl (C=O) groups is 1. The average molecular weight is 196 g/mol. The van der Waals surface area contributed by atoms with Crippen LogP contribution >= 0.6 is 0 Å². The van der Waals surface area contributed by atoms with Crippen molar-refractivity contribution >= 4 is 6.29 Å². The van der Waals surface area contributed by atoms with Gasteiger partial charge in [0.15, 0.2) is 6.29 Å². The van der Waals surface area contributed by atoms with Crippen LogP contribution in [0, 0.1) is 0 Å². The van der Waals surface area contributed by atoms with E-state index in [-0.39, 0.29) is 0 Å². The van der Waals surface area contributed by atoms with Gasteiger partial charge in [0.05, 0.1) is 5.69 Å². The van der Waals surface area contributed by atoms with E-state index in [9.17, 15) is 9.90 Å². The van der Waals surface area contributed by atoms with Crippen molar-refractivity contribution < 1.29 is 9.90 Å². The van der Waals surface area contributed by atoms with Gasteiger partial charge in [-0.05, 0) is 20.3 Å². The molecule has 4 heteroatoms. The molecule has 0 saturated heterocycles. The molecule has 0 aromatic carbocycles. The number of aromatic nitrogens is 2. The maximum absolute atomic E-state index is 10.7. The summed E-state index contributed by atoms with van der Waals surface area (Å²) >= 11 is 0. The van der Waals surface area contributed by atoms with E-state index >= 15 is 0 Å². The number of H-pyrrole nitrogens is 1.